The number of rotatable bonds is 5. The molecule has 0 aliphatic carbocycles. The van der Waals surface area contributed by atoms with Crippen LogP contribution in [0.2, 0.25) is 0 Å². The molecule has 1 N–H and O–H groups in total. The first-order valence-electron chi connectivity index (χ1n) is 6.83. The fourth-order valence-electron chi connectivity index (χ4n) is 2.18. The van der Waals surface area contributed by atoms with E-state index >= 15 is 0 Å². The molecule has 1 aliphatic heterocycles. The molecule has 118 valence electrons. The highest BCUT2D eigenvalue weighted by molar-refractivity contribution is 5.62. The van der Waals surface area contributed by atoms with E-state index < -0.39 is 5.79 Å². The summed E-state index contributed by atoms with van der Waals surface area (Å²) in [6.45, 7) is 4.96. The molecule has 6 nitrogen and oxygen atoms in total. The minimum absolute atomic E-state index is 0.0702. The Morgan fingerprint density at radius 1 is 1.00 bits per heavy atom. The highest BCUT2D eigenvalue weighted by Gasteiger charge is 2.28. The summed E-state index contributed by atoms with van der Waals surface area (Å²) in [7, 11) is 4.77. The molecule has 0 spiro atoms. The molecule has 0 bridgehead atoms. The maximum absolute atomic E-state index is 5.64. The van der Waals surface area contributed by atoms with E-state index in [2.05, 4.69) is 5.32 Å². The lowest BCUT2D eigenvalue weighted by molar-refractivity contribution is -0.247. The van der Waals surface area contributed by atoms with Gasteiger partial charge in [0.15, 0.2) is 17.3 Å². The fourth-order valence-corrected chi connectivity index (χ4v) is 2.18. The van der Waals surface area contributed by atoms with Crippen molar-refractivity contribution in [1.82, 2.24) is 0 Å². The van der Waals surface area contributed by atoms with Crippen LogP contribution in [0.15, 0.2) is 12.1 Å². The van der Waals surface area contributed by atoms with E-state index in [1.54, 1.807) is 21.3 Å². The molecule has 0 aromatic heterocycles. The lowest BCUT2D eigenvalue weighted by atomic mass is 10.2. The molecule has 0 atom stereocenters. The van der Waals surface area contributed by atoms with Crippen molar-refractivity contribution < 1.29 is 23.7 Å². The minimum atomic E-state index is -0.520. The first-order chi connectivity index (χ1) is 9.99. The van der Waals surface area contributed by atoms with E-state index in [0.29, 0.717) is 30.5 Å². The highest BCUT2D eigenvalue weighted by atomic mass is 16.7. The van der Waals surface area contributed by atoms with Crippen LogP contribution in [-0.4, -0.2) is 46.4 Å². The monoisotopic (exact) mass is 297 g/mol. The van der Waals surface area contributed by atoms with Gasteiger partial charge in [-0.25, -0.2) is 0 Å². The number of hydrogen-bond acceptors (Lipinski definition) is 6. The van der Waals surface area contributed by atoms with Crippen molar-refractivity contribution >= 4 is 5.69 Å². The van der Waals surface area contributed by atoms with Gasteiger partial charge in [-0.05, 0) is 13.8 Å². The van der Waals surface area contributed by atoms with E-state index in [1.165, 1.54) is 0 Å². The first kappa shape index (κ1) is 15.7. The zero-order chi connectivity index (χ0) is 15.5. The second-order valence-electron chi connectivity index (χ2n) is 5.28. The molecule has 1 saturated heterocycles. The van der Waals surface area contributed by atoms with Gasteiger partial charge in [-0.2, -0.15) is 0 Å². The Morgan fingerprint density at radius 2 is 1.52 bits per heavy atom. The third-order valence-electron chi connectivity index (χ3n) is 3.30. The first-order valence-corrected chi connectivity index (χ1v) is 6.83. The number of methoxy groups -OCH3 is 3. The molecule has 0 unspecified atom stereocenters. The Kier molecular flexibility index (Phi) is 4.80. The SMILES string of the molecule is COc1cc(NC2COC(C)(C)OC2)cc(OC)c1OC. The number of ether oxygens (including phenoxy) is 5. The van der Waals surface area contributed by atoms with Gasteiger partial charge in [-0.3, -0.25) is 0 Å². The predicted octanol–water partition coefficient (Wildman–Crippen LogP) is 2.28. The van der Waals surface area contributed by atoms with Crippen LogP contribution in [0, 0.1) is 0 Å². The number of nitrogens with one attached hydrogen (secondary N) is 1. The summed E-state index contributed by atoms with van der Waals surface area (Å²) < 4.78 is 27.2. The van der Waals surface area contributed by atoms with E-state index in [0.717, 1.165) is 5.69 Å². The summed E-state index contributed by atoms with van der Waals surface area (Å²) in [5, 5.41) is 3.35. The van der Waals surface area contributed by atoms with Crippen LogP contribution in [0.1, 0.15) is 13.8 Å². The van der Waals surface area contributed by atoms with Gasteiger partial charge in [0.25, 0.3) is 0 Å². The smallest absolute Gasteiger partial charge is 0.203 e. The lowest BCUT2D eigenvalue weighted by Crippen LogP contribution is -2.45. The Hall–Kier alpha value is -1.66. The predicted molar refractivity (Wildman–Crippen MR) is 79.5 cm³/mol. The summed E-state index contributed by atoms with van der Waals surface area (Å²) in [5.41, 5.74) is 0.862. The van der Waals surface area contributed by atoms with Crippen LogP contribution in [-0.2, 0) is 9.47 Å². The molecule has 1 aliphatic rings. The van der Waals surface area contributed by atoms with Crippen molar-refractivity contribution in [1.29, 1.82) is 0 Å². The zero-order valence-electron chi connectivity index (χ0n) is 13.2. The second kappa shape index (κ2) is 6.41. The van der Waals surface area contributed by atoms with E-state index in [1.807, 2.05) is 26.0 Å². The van der Waals surface area contributed by atoms with E-state index in [9.17, 15) is 0 Å². The minimum Gasteiger partial charge on any atom is -0.493 e. The van der Waals surface area contributed by atoms with Gasteiger partial charge in [0.2, 0.25) is 5.75 Å². The molecule has 1 aromatic rings. The summed E-state index contributed by atoms with van der Waals surface area (Å²) in [4.78, 5) is 0. The summed E-state index contributed by atoms with van der Waals surface area (Å²) in [6.07, 6.45) is 0. The number of anilines is 1. The second-order valence-corrected chi connectivity index (χ2v) is 5.28. The number of benzene rings is 1. The van der Waals surface area contributed by atoms with Crippen LogP contribution < -0.4 is 19.5 Å². The molecule has 0 saturated carbocycles. The van der Waals surface area contributed by atoms with Crippen LogP contribution in [0.4, 0.5) is 5.69 Å². The average molecular weight is 297 g/mol. The summed E-state index contributed by atoms with van der Waals surface area (Å²) in [5.74, 6) is 1.27. The van der Waals surface area contributed by atoms with Gasteiger partial charge in [-0.1, -0.05) is 0 Å². The fraction of sp³-hybridized carbons (Fsp3) is 0.600. The van der Waals surface area contributed by atoms with Crippen molar-refractivity contribution in [2.75, 3.05) is 39.9 Å². The molecule has 2 rings (SSSR count). The molecular formula is C15H23NO5. The van der Waals surface area contributed by atoms with Gasteiger partial charge in [0, 0.05) is 17.8 Å². The van der Waals surface area contributed by atoms with Crippen LogP contribution in [0.3, 0.4) is 0 Å². The maximum Gasteiger partial charge on any atom is 0.203 e. The van der Waals surface area contributed by atoms with Crippen molar-refractivity contribution in [3.05, 3.63) is 12.1 Å². The molecular weight excluding hydrogens is 274 g/mol. The third kappa shape index (κ3) is 3.71. The van der Waals surface area contributed by atoms with Gasteiger partial charge < -0.3 is 29.0 Å². The third-order valence-corrected chi connectivity index (χ3v) is 3.30. The Labute approximate surface area is 125 Å². The zero-order valence-corrected chi connectivity index (χ0v) is 13.2. The van der Waals surface area contributed by atoms with E-state index in [-0.39, 0.29) is 6.04 Å². The van der Waals surface area contributed by atoms with E-state index in [4.69, 9.17) is 23.7 Å². The van der Waals surface area contributed by atoms with Crippen molar-refractivity contribution in [3.63, 3.8) is 0 Å². The molecule has 21 heavy (non-hydrogen) atoms. The van der Waals surface area contributed by atoms with Gasteiger partial charge in [0.05, 0.1) is 40.6 Å². The van der Waals surface area contributed by atoms with Gasteiger partial charge in [-0.15, -0.1) is 0 Å². The van der Waals surface area contributed by atoms with Crippen molar-refractivity contribution in [2.24, 2.45) is 0 Å². The molecule has 0 amide bonds. The Balaban J connectivity index is 2.13. The van der Waals surface area contributed by atoms with Crippen molar-refractivity contribution in [3.8, 4) is 17.2 Å². The molecule has 1 aromatic carbocycles. The molecule has 1 fully saturated rings. The van der Waals surface area contributed by atoms with Crippen LogP contribution in [0.25, 0.3) is 0 Å². The average Bonchev–Trinajstić information content (AvgIpc) is 2.48. The Bertz CT molecular complexity index is 454. The standard InChI is InChI=1S/C15H23NO5/c1-15(2)20-8-11(9-21-15)16-10-6-12(17-3)14(19-5)13(7-10)18-4/h6-7,11,16H,8-9H2,1-5H3. The largest absolute Gasteiger partial charge is 0.493 e. The lowest BCUT2D eigenvalue weighted by Gasteiger charge is -2.35. The normalized spacial score (nSPS) is 18.1. The summed E-state index contributed by atoms with van der Waals surface area (Å²) in [6, 6.07) is 3.79. The highest BCUT2D eigenvalue weighted by Crippen LogP contribution is 2.40. The van der Waals surface area contributed by atoms with Crippen LogP contribution >= 0.6 is 0 Å². The topological polar surface area (TPSA) is 58.2 Å². The maximum atomic E-state index is 5.64. The van der Waals surface area contributed by atoms with Gasteiger partial charge >= 0.3 is 0 Å². The quantitative estimate of drug-likeness (QED) is 0.900. The van der Waals surface area contributed by atoms with Crippen molar-refractivity contribution in [2.45, 2.75) is 25.7 Å². The Morgan fingerprint density at radius 3 is 1.95 bits per heavy atom. The molecule has 0 radical (unpaired) electrons. The molecule has 1 heterocycles. The summed E-state index contributed by atoms with van der Waals surface area (Å²) >= 11 is 0. The number of hydrogen-bond donors (Lipinski definition) is 1. The molecule has 6 heteroatoms. The van der Waals surface area contributed by atoms with Crippen LogP contribution in [0.5, 0.6) is 17.2 Å². The van der Waals surface area contributed by atoms with Gasteiger partial charge in [0.1, 0.15) is 0 Å².